The van der Waals surface area contributed by atoms with Gasteiger partial charge in [-0.3, -0.25) is 4.79 Å². The van der Waals surface area contributed by atoms with Crippen molar-refractivity contribution < 1.29 is 17.6 Å². The topological polar surface area (TPSA) is 70.8 Å². The largest absolute Gasteiger partial charge is 0.455 e. The van der Waals surface area contributed by atoms with E-state index in [2.05, 4.69) is 0 Å². The molecule has 0 spiro atoms. The maximum atomic E-state index is 12.7. The average Bonchev–Trinajstić information content (AvgIpc) is 3.32. The predicted octanol–water partition coefficient (Wildman–Crippen LogP) is 3.27. The average molecular weight is 383 g/mol. The van der Waals surface area contributed by atoms with Crippen LogP contribution in [0, 0.1) is 6.92 Å². The zero-order valence-electron chi connectivity index (χ0n) is 14.6. The SMILES string of the molecule is Cc1oc(C(=O)N(C)C(C)c2cccs2)cc1S(=O)(=O)N1CCCC1. The molecule has 1 saturated heterocycles. The minimum Gasteiger partial charge on any atom is -0.455 e. The Balaban J connectivity index is 1.85. The van der Waals surface area contributed by atoms with Crippen LogP contribution in [0.4, 0.5) is 0 Å². The molecule has 0 aliphatic carbocycles. The van der Waals surface area contributed by atoms with Gasteiger partial charge in [-0.05, 0) is 38.1 Å². The second-order valence-electron chi connectivity index (χ2n) is 6.25. The number of nitrogens with zero attached hydrogens (tertiary/aromatic N) is 2. The Morgan fingerprint density at radius 2 is 2.04 bits per heavy atom. The Morgan fingerprint density at radius 1 is 1.36 bits per heavy atom. The minimum atomic E-state index is -3.60. The van der Waals surface area contributed by atoms with Crippen LogP contribution < -0.4 is 0 Å². The van der Waals surface area contributed by atoms with Crippen molar-refractivity contribution in [2.24, 2.45) is 0 Å². The molecular weight excluding hydrogens is 360 g/mol. The Bertz CT molecular complexity index is 849. The van der Waals surface area contributed by atoms with Crippen LogP contribution in [0.5, 0.6) is 0 Å². The van der Waals surface area contributed by atoms with Gasteiger partial charge in [0.15, 0.2) is 5.76 Å². The van der Waals surface area contributed by atoms with E-state index in [1.54, 1.807) is 30.2 Å². The van der Waals surface area contributed by atoms with Gasteiger partial charge in [-0.25, -0.2) is 8.42 Å². The van der Waals surface area contributed by atoms with E-state index in [4.69, 9.17) is 4.42 Å². The fraction of sp³-hybridized carbons (Fsp3) is 0.471. The normalized spacial score (nSPS) is 16.9. The van der Waals surface area contributed by atoms with Gasteiger partial charge in [-0.2, -0.15) is 4.31 Å². The zero-order valence-corrected chi connectivity index (χ0v) is 16.2. The molecule has 136 valence electrons. The number of aryl methyl sites for hydroxylation is 1. The number of hydrogen-bond acceptors (Lipinski definition) is 5. The Morgan fingerprint density at radius 3 is 2.64 bits per heavy atom. The number of carbonyl (C=O) groups is 1. The number of thiophene rings is 1. The summed E-state index contributed by atoms with van der Waals surface area (Å²) < 4.78 is 32.4. The summed E-state index contributed by atoms with van der Waals surface area (Å²) in [5.41, 5.74) is 0. The van der Waals surface area contributed by atoms with E-state index in [1.165, 1.54) is 10.4 Å². The molecule has 8 heteroatoms. The van der Waals surface area contributed by atoms with Gasteiger partial charge in [0.1, 0.15) is 10.7 Å². The van der Waals surface area contributed by atoms with E-state index in [-0.39, 0.29) is 28.4 Å². The summed E-state index contributed by atoms with van der Waals surface area (Å²) >= 11 is 1.57. The van der Waals surface area contributed by atoms with Gasteiger partial charge in [0.05, 0.1) is 6.04 Å². The lowest BCUT2D eigenvalue weighted by molar-refractivity contribution is 0.0711. The van der Waals surface area contributed by atoms with Crippen LogP contribution in [-0.2, 0) is 10.0 Å². The molecule has 1 aliphatic rings. The molecule has 25 heavy (non-hydrogen) atoms. The van der Waals surface area contributed by atoms with Crippen molar-refractivity contribution in [3.63, 3.8) is 0 Å². The number of sulfonamides is 1. The molecule has 1 amide bonds. The molecule has 1 fully saturated rings. The molecular formula is C17H22N2O4S2. The van der Waals surface area contributed by atoms with Gasteiger partial charge in [0.2, 0.25) is 10.0 Å². The minimum absolute atomic E-state index is 0.0566. The summed E-state index contributed by atoms with van der Waals surface area (Å²) in [6.45, 7) is 4.56. The molecule has 0 N–H and O–H groups in total. The van der Waals surface area contributed by atoms with E-state index in [0.29, 0.717) is 13.1 Å². The van der Waals surface area contributed by atoms with Gasteiger partial charge in [-0.15, -0.1) is 11.3 Å². The van der Waals surface area contributed by atoms with Crippen molar-refractivity contribution in [3.05, 3.63) is 40.0 Å². The van der Waals surface area contributed by atoms with E-state index in [0.717, 1.165) is 17.7 Å². The van der Waals surface area contributed by atoms with Crippen LogP contribution in [0.15, 0.2) is 32.9 Å². The molecule has 0 radical (unpaired) electrons. The Labute approximate surface area is 152 Å². The van der Waals surface area contributed by atoms with Gasteiger partial charge < -0.3 is 9.32 Å². The molecule has 1 unspecified atom stereocenters. The van der Waals surface area contributed by atoms with Crippen LogP contribution in [-0.4, -0.2) is 43.7 Å². The molecule has 6 nitrogen and oxygen atoms in total. The van der Waals surface area contributed by atoms with Crippen molar-refractivity contribution in [1.29, 1.82) is 0 Å². The summed E-state index contributed by atoms with van der Waals surface area (Å²) in [6.07, 6.45) is 1.73. The third-order valence-corrected chi connectivity index (χ3v) is 7.67. The number of carbonyl (C=O) groups excluding carboxylic acids is 1. The zero-order chi connectivity index (χ0) is 18.2. The Hall–Kier alpha value is -1.64. The van der Waals surface area contributed by atoms with E-state index in [9.17, 15) is 13.2 Å². The van der Waals surface area contributed by atoms with Crippen molar-refractivity contribution >= 4 is 27.3 Å². The second-order valence-corrected chi connectivity index (χ2v) is 9.14. The molecule has 2 aromatic rings. The molecule has 3 rings (SSSR count). The van der Waals surface area contributed by atoms with Gasteiger partial charge >= 0.3 is 0 Å². The fourth-order valence-electron chi connectivity index (χ4n) is 2.96. The second kappa shape index (κ2) is 6.93. The van der Waals surface area contributed by atoms with Crippen LogP contribution in [0.1, 0.15) is 47.0 Å². The highest BCUT2D eigenvalue weighted by atomic mass is 32.2. The van der Waals surface area contributed by atoms with Crippen LogP contribution in [0.25, 0.3) is 0 Å². The molecule has 2 aromatic heterocycles. The maximum Gasteiger partial charge on any atom is 0.289 e. The number of furan rings is 1. The van der Waals surface area contributed by atoms with E-state index >= 15 is 0 Å². The van der Waals surface area contributed by atoms with E-state index in [1.807, 2.05) is 24.4 Å². The molecule has 1 atom stereocenters. The highest BCUT2D eigenvalue weighted by molar-refractivity contribution is 7.89. The summed E-state index contributed by atoms with van der Waals surface area (Å²) in [4.78, 5) is 15.4. The molecule has 0 saturated carbocycles. The molecule has 0 aromatic carbocycles. The lowest BCUT2D eigenvalue weighted by Crippen LogP contribution is -2.29. The molecule has 3 heterocycles. The Kier molecular flexibility index (Phi) is 5.04. The van der Waals surface area contributed by atoms with Gasteiger partial charge in [-0.1, -0.05) is 6.07 Å². The maximum absolute atomic E-state index is 12.7. The van der Waals surface area contributed by atoms with Crippen LogP contribution >= 0.6 is 11.3 Å². The first-order chi connectivity index (χ1) is 11.8. The summed E-state index contributed by atoms with van der Waals surface area (Å²) in [5, 5.41) is 1.96. The van der Waals surface area contributed by atoms with Gasteiger partial charge in [0, 0.05) is 31.1 Å². The highest BCUT2D eigenvalue weighted by Crippen LogP contribution is 2.29. The molecule has 0 bridgehead atoms. The van der Waals surface area contributed by atoms with Crippen molar-refractivity contribution in [1.82, 2.24) is 9.21 Å². The first-order valence-corrected chi connectivity index (χ1v) is 10.6. The highest BCUT2D eigenvalue weighted by Gasteiger charge is 2.32. The summed E-state index contributed by atoms with van der Waals surface area (Å²) in [6, 6.07) is 5.15. The van der Waals surface area contributed by atoms with E-state index < -0.39 is 10.0 Å². The lowest BCUT2D eigenvalue weighted by Gasteiger charge is -2.22. The van der Waals surface area contributed by atoms with Gasteiger partial charge in [0.25, 0.3) is 5.91 Å². The summed E-state index contributed by atoms with van der Waals surface area (Å²) in [5.74, 6) is -0.0134. The quantitative estimate of drug-likeness (QED) is 0.796. The lowest BCUT2D eigenvalue weighted by atomic mass is 10.2. The first kappa shape index (κ1) is 18.2. The number of hydrogen-bond donors (Lipinski definition) is 0. The monoisotopic (exact) mass is 382 g/mol. The van der Waals surface area contributed by atoms with Crippen molar-refractivity contribution in [2.75, 3.05) is 20.1 Å². The summed E-state index contributed by atoms with van der Waals surface area (Å²) in [7, 11) is -1.91. The third-order valence-electron chi connectivity index (χ3n) is 4.62. The van der Waals surface area contributed by atoms with Crippen molar-refractivity contribution in [2.45, 2.75) is 37.6 Å². The molecule has 1 aliphatic heterocycles. The first-order valence-electron chi connectivity index (χ1n) is 8.23. The van der Waals surface area contributed by atoms with Crippen LogP contribution in [0.3, 0.4) is 0 Å². The van der Waals surface area contributed by atoms with Crippen LogP contribution in [0.2, 0.25) is 0 Å². The van der Waals surface area contributed by atoms with Crippen molar-refractivity contribution in [3.8, 4) is 0 Å². The number of rotatable bonds is 5. The third kappa shape index (κ3) is 3.38. The smallest absolute Gasteiger partial charge is 0.289 e. The standard InChI is InChI=1S/C17H22N2O4S2/c1-12(15-7-6-10-24-15)18(3)17(20)14-11-16(13(2)23-14)25(21,22)19-8-4-5-9-19/h6-7,10-12H,4-5,8-9H2,1-3H3. The number of amides is 1. The fourth-order valence-corrected chi connectivity index (χ4v) is 5.47. The predicted molar refractivity (Wildman–Crippen MR) is 96.3 cm³/mol.